The summed E-state index contributed by atoms with van der Waals surface area (Å²) in [4.78, 5) is 13.5. The molecular weight excluding hydrogens is 338 g/mol. The van der Waals surface area contributed by atoms with Crippen molar-refractivity contribution in [2.75, 3.05) is 10.6 Å². The molecule has 3 N–H and O–H groups in total. The van der Waals surface area contributed by atoms with Gasteiger partial charge in [0.2, 0.25) is 5.95 Å². The maximum Gasteiger partial charge on any atom is 0.223 e. The first-order chi connectivity index (χ1) is 13.2. The molecule has 1 aromatic carbocycles. The van der Waals surface area contributed by atoms with Crippen LogP contribution < -0.4 is 10.6 Å². The van der Waals surface area contributed by atoms with Crippen LogP contribution in [0.1, 0.15) is 31.2 Å². The predicted octanol–water partition coefficient (Wildman–Crippen LogP) is 3.82. The second kappa shape index (κ2) is 7.72. The average molecular weight is 361 g/mol. The number of rotatable bonds is 5. The zero-order valence-corrected chi connectivity index (χ0v) is 15.1. The molecule has 0 radical (unpaired) electrons. The first kappa shape index (κ1) is 17.4. The normalized spacial score (nSPS) is 19.6. The zero-order valence-electron chi connectivity index (χ0n) is 15.1. The quantitative estimate of drug-likeness (QED) is 0.641. The Balaban J connectivity index is 1.58. The van der Waals surface area contributed by atoms with Crippen LogP contribution in [-0.2, 0) is 0 Å². The fourth-order valence-corrected chi connectivity index (χ4v) is 3.43. The van der Waals surface area contributed by atoms with E-state index in [0.29, 0.717) is 12.0 Å². The smallest absolute Gasteiger partial charge is 0.223 e. The van der Waals surface area contributed by atoms with Crippen molar-refractivity contribution in [1.29, 1.82) is 0 Å². The second-order valence-electron chi connectivity index (χ2n) is 6.91. The number of pyridine rings is 1. The van der Waals surface area contributed by atoms with Crippen LogP contribution in [0.5, 0.6) is 0 Å². The lowest BCUT2D eigenvalue weighted by molar-refractivity contribution is 0.126. The van der Waals surface area contributed by atoms with Gasteiger partial charge in [-0.15, -0.1) is 0 Å². The highest BCUT2D eigenvalue weighted by atomic mass is 16.3. The van der Waals surface area contributed by atoms with E-state index in [-0.39, 0.29) is 6.10 Å². The number of hydrogen-bond donors (Lipinski definition) is 3. The molecule has 0 spiro atoms. The van der Waals surface area contributed by atoms with Gasteiger partial charge in [-0.1, -0.05) is 30.8 Å². The predicted molar refractivity (Wildman–Crippen MR) is 108 cm³/mol. The molecule has 0 amide bonds. The lowest BCUT2D eigenvalue weighted by atomic mass is 9.93. The van der Waals surface area contributed by atoms with Gasteiger partial charge >= 0.3 is 0 Å². The van der Waals surface area contributed by atoms with Crippen molar-refractivity contribution >= 4 is 28.4 Å². The molecule has 1 aliphatic rings. The van der Waals surface area contributed by atoms with Gasteiger partial charge in [0, 0.05) is 35.1 Å². The Bertz CT molecular complexity index is 936. The summed E-state index contributed by atoms with van der Waals surface area (Å²) in [7, 11) is 0. The molecule has 0 aliphatic heterocycles. The molecule has 2 heterocycles. The number of hydrogen-bond acceptors (Lipinski definition) is 6. The van der Waals surface area contributed by atoms with Gasteiger partial charge in [0.05, 0.1) is 11.6 Å². The third-order valence-corrected chi connectivity index (χ3v) is 4.91. The third kappa shape index (κ3) is 4.06. The molecule has 1 saturated carbocycles. The van der Waals surface area contributed by atoms with Crippen LogP contribution in [0, 0.1) is 0 Å². The van der Waals surface area contributed by atoms with Crippen molar-refractivity contribution in [3.05, 3.63) is 60.9 Å². The molecule has 0 atom stereocenters. The van der Waals surface area contributed by atoms with Crippen molar-refractivity contribution < 1.29 is 5.11 Å². The summed E-state index contributed by atoms with van der Waals surface area (Å²) in [5.41, 5.74) is 2.51. The molecule has 0 unspecified atom stereocenters. The molecule has 0 saturated heterocycles. The summed E-state index contributed by atoms with van der Waals surface area (Å²) in [6, 6.07) is 12.0. The molecule has 2 aromatic heterocycles. The minimum Gasteiger partial charge on any atom is -0.393 e. The van der Waals surface area contributed by atoms with Crippen molar-refractivity contribution in [1.82, 2.24) is 15.0 Å². The average Bonchev–Trinajstić information content (AvgIpc) is 2.70. The first-order valence-corrected chi connectivity index (χ1v) is 9.27. The van der Waals surface area contributed by atoms with Gasteiger partial charge < -0.3 is 15.7 Å². The minimum atomic E-state index is -0.173. The number of nitrogens with zero attached hydrogens (tertiary/aromatic N) is 3. The Hall–Kier alpha value is -2.99. The lowest BCUT2D eigenvalue weighted by Crippen LogP contribution is -2.28. The van der Waals surface area contributed by atoms with Crippen molar-refractivity contribution in [3.8, 4) is 0 Å². The molecule has 6 nitrogen and oxygen atoms in total. The molecule has 4 rings (SSSR count). The SMILES string of the molecule is C=C(Nc1ccccn1)c1cccc2cnc(N[C@H]3CC[C@H](O)CC3)nc12. The van der Waals surface area contributed by atoms with Crippen LogP contribution in [0.25, 0.3) is 16.6 Å². The lowest BCUT2D eigenvalue weighted by Gasteiger charge is -2.26. The summed E-state index contributed by atoms with van der Waals surface area (Å²) in [6.07, 6.45) is 6.90. The maximum absolute atomic E-state index is 9.67. The number of benzene rings is 1. The van der Waals surface area contributed by atoms with Crippen molar-refractivity contribution in [3.63, 3.8) is 0 Å². The van der Waals surface area contributed by atoms with Gasteiger partial charge in [0.25, 0.3) is 0 Å². The summed E-state index contributed by atoms with van der Waals surface area (Å²) in [5, 5.41) is 17.3. The van der Waals surface area contributed by atoms with E-state index < -0.39 is 0 Å². The minimum absolute atomic E-state index is 0.173. The van der Waals surface area contributed by atoms with E-state index in [1.54, 1.807) is 6.20 Å². The number of nitrogens with one attached hydrogen (secondary N) is 2. The van der Waals surface area contributed by atoms with Crippen molar-refractivity contribution in [2.45, 2.75) is 37.8 Å². The van der Waals surface area contributed by atoms with Crippen LogP contribution in [0.15, 0.2) is 55.4 Å². The fourth-order valence-electron chi connectivity index (χ4n) is 3.43. The van der Waals surface area contributed by atoms with E-state index >= 15 is 0 Å². The number of aliphatic hydroxyl groups is 1. The van der Waals surface area contributed by atoms with E-state index in [0.717, 1.165) is 53.7 Å². The van der Waals surface area contributed by atoms with Crippen LogP contribution in [0.4, 0.5) is 11.8 Å². The Morgan fingerprint density at radius 1 is 1.04 bits per heavy atom. The second-order valence-corrected chi connectivity index (χ2v) is 6.91. The summed E-state index contributed by atoms with van der Waals surface area (Å²) in [5.74, 6) is 1.36. The van der Waals surface area contributed by atoms with E-state index in [9.17, 15) is 5.11 Å². The van der Waals surface area contributed by atoms with Crippen LogP contribution in [0.2, 0.25) is 0 Å². The Labute approximate surface area is 158 Å². The fraction of sp³-hybridized carbons (Fsp3) is 0.286. The monoisotopic (exact) mass is 361 g/mol. The van der Waals surface area contributed by atoms with Gasteiger partial charge in [0.15, 0.2) is 0 Å². The van der Waals surface area contributed by atoms with Gasteiger partial charge in [-0.25, -0.2) is 15.0 Å². The van der Waals surface area contributed by atoms with Gasteiger partial charge in [0.1, 0.15) is 5.82 Å². The third-order valence-electron chi connectivity index (χ3n) is 4.91. The number of aromatic nitrogens is 3. The van der Waals surface area contributed by atoms with Crippen molar-refractivity contribution in [2.24, 2.45) is 0 Å². The van der Waals surface area contributed by atoms with Crippen LogP contribution in [-0.4, -0.2) is 32.2 Å². The molecule has 3 aromatic rings. The molecule has 27 heavy (non-hydrogen) atoms. The van der Waals surface area contributed by atoms with Gasteiger partial charge in [-0.3, -0.25) is 0 Å². The maximum atomic E-state index is 9.67. The van der Waals surface area contributed by atoms with Gasteiger partial charge in [-0.2, -0.15) is 0 Å². The highest BCUT2D eigenvalue weighted by Gasteiger charge is 2.20. The Morgan fingerprint density at radius 2 is 1.89 bits per heavy atom. The molecule has 138 valence electrons. The Kier molecular flexibility index (Phi) is 4.98. The molecule has 1 aliphatic carbocycles. The first-order valence-electron chi connectivity index (χ1n) is 9.27. The molecule has 0 bridgehead atoms. The van der Waals surface area contributed by atoms with Crippen LogP contribution in [0.3, 0.4) is 0 Å². The number of fused-ring (bicyclic) bond motifs is 1. The highest BCUT2D eigenvalue weighted by molar-refractivity contribution is 5.92. The summed E-state index contributed by atoms with van der Waals surface area (Å²) in [6.45, 7) is 4.16. The zero-order chi connectivity index (χ0) is 18.6. The standard InChI is InChI=1S/C21H23N5O/c1-14(24-19-7-2-3-12-22-19)18-6-4-5-15-13-23-21(26-20(15)18)25-16-8-10-17(27)11-9-16/h2-7,12-13,16-17,27H,1,8-11H2,(H,22,24)(H,23,25,26)/t16-,17-. The van der Waals surface area contributed by atoms with E-state index in [2.05, 4.69) is 27.2 Å². The number of anilines is 2. The topological polar surface area (TPSA) is 83.0 Å². The van der Waals surface area contributed by atoms with Gasteiger partial charge in [-0.05, 0) is 37.8 Å². The molecule has 1 fully saturated rings. The van der Waals surface area contributed by atoms with E-state index in [1.165, 1.54) is 0 Å². The largest absolute Gasteiger partial charge is 0.393 e. The summed E-state index contributed by atoms with van der Waals surface area (Å²) < 4.78 is 0. The van der Waals surface area contributed by atoms with E-state index in [4.69, 9.17) is 4.98 Å². The van der Waals surface area contributed by atoms with E-state index in [1.807, 2.05) is 42.6 Å². The molecular formula is C21H23N5O. The summed E-state index contributed by atoms with van der Waals surface area (Å²) >= 11 is 0. The molecule has 6 heteroatoms. The van der Waals surface area contributed by atoms with Crippen LogP contribution >= 0.6 is 0 Å². The number of aliphatic hydroxyl groups excluding tert-OH is 1. The highest BCUT2D eigenvalue weighted by Crippen LogP contribution is 2.25. The Morgan fingerprint density at radius 3 is 2.67 bits per heavy atom. The number of para-hydroxylation sites is 1.